The number of ether oxygens (including phenoxy) is 1. The Morgan fingerprint density at radius 2 is 2.43 bits per heavy atom. The summed E-state index contributed by atoms with van der Waals surface area (Å²) < 4.78 is 5.53. The molecule has 1 aliphatic carbocycles. The lowest BCUT2D eigenvalue weighted by Crippen LogP contribution is -1.96. The van der Waals surface area contributed by atoms with Crippen LogP contribution in [0.4, 0.5) is 0 Å². The van der Waals surface area contributed by atoms with Crippen molar-refractivity contribution in [1.82, 2.24) is 4.98 Å². The standard InChI is InChI=1S/C10H14ClNOS/c11-5-9-7-14-10(12-9)6-13-4-3-8-1-2-8/h7-8H,1-6H2. The Bertz CT molecular complexity index is 285. The summed E-state index contributed by atoms with van der Waals surface area (Å²) in [7, 11) is 0. The molecule has 0 aliphatic heterocycles. The molecule has 0 radical (unpaired) electrons. The van der Waals surface area contributed by atoms with Crippen LogP contribution in [-0.4, -0.2) is 11.6 Å². The van der Waals surface area contributed by atoms with Gasteiger partial charge in [-0.1, -0.05) is 12.8 Å². The molecule has 2 rings (SSSR count). The molecule has 78 valence electrons. The highest BCUT2D eigenvalue weighted by atomic mass is 35.5. The van der Waals surface area contributed by atoms with Crippen LogP contribution in [-0.2, 0) is 17.2 Å². The number of halogens is 1. The molecule has 0 aromatic carbocycles. The van der Waals surface area contributed by atoms with Crippen molar-refractivity contribution >= 4 is 22.9 Å². The van der Waals surface area contributed by atoms with Gasteiger partial charge in [-0.2, -0.15) is 0 Å². The van der Waals surface area contributed by atoms with Gasteiger partial charge in [-0.15, -0.1) is 22.9 Å². The molecule has 0 bridgehead atoms. The monoisotopic (exact) mass is 231 g/mol. The molecule has 2 nitrogen and oxygen atoms in total. The fourth-order valence-corrected chi connectivity index (χ4v) is 2.25. The number of thiazole rings is 1. The highest BCUT2D eigenvalue weighted by Crippen LogP contribution is 2.32. The minimum atomic E-state index is 0.499. The number of hydrogen-bond donors (Lipinski definition) is 0. The zero-order valence-corrected chi connectivity index (χ0v) is 9.61. The summed E-state index contributed by atoms with van der Waals surface area (Å²) in [6.45, 7) is 1.52. The fraction of sp³-hybridized carbons (Fsp3) is 0.700. The van der Waals surface area contributed by atoms with E-state index in [1.165, 1.54) is 19.3 Å². The van der Waals surface area contributed by atoms with E-state index in [2.05, 4.69) is 4.98 Å². The van der Waals surface area contributed by atoms with Gasteiger partial charge in [0.1, 0.15) is 5.01 Å². The van der Waals surface area contributed by atoms with E-state index < -0.39 is 0 Å². The molecule has 0 atom stereocenters. The second-order valence-corrected chi connectivity index (χ2v) is 4.86. The first-order chi connectivity index (χ1) is 6.88. The van der Waals surface area contributed by atoms with Crippen LogP contribution in [0.3, 0.4) is 0 Å². The van der Waals surface area contributed by atoms with Crippen molar-refractivity contribution in [3.05, 3.63) is 16.1 Å². The van der Waals surface area contributed by atoms with Crippen LogP contribution in [0.5, 0.6) is 0 Å². The Labute approximate surface area is 93.3 Å². The lowest BCUT2D eigenvalue weighted by atomic mass is 10.3. The van der Waals surface area contributed by atoms with E-state index in [9.17, 15) is 0 Å². The van der Waals surface area contributed by atoms with Gasteiger partial charge in [0.2, 0.25) is 0 Å². The van der Waals surface area contributed by atoms with Crippen LogP contribution in [0.15, 0.2) is 5.38 Å². The van der Waals surface area contributed by atoms with Gasteiger partial charge in [-0.3, -0.25) is 0 Å². The van der Waals surface area contributed by atoms with Crippen molar-refractivity contribution in [2.24, 2.45) is 5.92 Å². The Morgan fingerprint density at radius 1 is 1.57 bits per heavy atom. The molecule has 1 heterocycles. The Kier molecular flexibility index (Phi) is 3.79. The summed E-state index contributed by atoms with van der Waals surface area (Å²) in [6.07, 6.45) is 4.02. The molecular weight excluding hydrogens is 218 g/mol. The molecule has 1 aliphatic rings. The van der Waals surface area contributed by atoms with Crippen molar-refractivity contribution in [2.45, 2.75) is 31.7 Å². The van der Waals surface area contributed by atoms with Crippen molar-refractivity contribution in [3.63, 3.8) is 0 Å². The van der Waals surface area contributed by atoms with E-state index in [-0.39, 0.29) is 0 Å². The third-order valence-electron chi connectivity index (χ3n) is 2.33. The smallest absolute Gasteiger partial charge is 0.119 e. The van der Waals surface area contributed by atoms with Crippen LogP contribution < -0.4 is 0 Å². The molecule has 1 aromatic rings. The van der Waals surface area contributed by atoms with Gasteiger partial charge in [0.15, 0.2) is 0 Å². The van der Waals surface area contributed by atoms with Gasteiger partial charge < -0.3 is 4.74 Å². The average Bonchev–Trinajstić information content (AvgIpc) is 2.91. The molecule has 4 heteroatoms. The number of hydrogen-bond acceptors (Lipinski definition) is 3. The van der Waals surface area contributed by atoms with E-state index in [0.29, 0.717) is 12.5 Å². The summed E-state index contributed by atoms with van der Waals surface area (Å²) in [6, 6.07) is 0. The predicted molar refractivity (Wildman–Crippen MR) is 58.7 cm³/mol. The number of alkyl halides is 1. The minimum absolute atomic E-state index is 0.499. The zero-order chi connectivity index (χ0) is 9.80. The highest BCUT2D eigenvalue weighted by Gasteiger charge is 2.20. The van der Waals surface area contributed by atoms with E-state index >= 15 is 0 Å². The lowest BCUT2D eigenvalue weighted by molar-refractivity contribution is 0.115. The highest BCUT2D eigenvalue weighted by molar-refractivity contribution is 7.09. The number of rotatable bonds is 6. The summed E-state index contributed by atoms with van der Waals surface area (Å²) in [5.74, 6) is 1.45. The van der Waals surface area contributed by atoms with Crippen molar-refractivity contribution < 1.29 is 4.74 Å². The topological polar surface area (TPSA) is 22.1 Å². The van der Waals surface area contributed by atoms with Crippen LogP contribution >= 0.6 is 22.9 Å². The molecule has 0 N–H and O–H groups in total. The van der Waals surface area contributed by atoms with E-state index in [4.69, 9.17) is 16.3 Å². The van der Waals surface area contributed by atoms with Gasteiger partial charge in [0.05, 0.1) is 18.2 Å². The van der Waals surface area contributed by atoms with Crippen LogP contribution in [0.1, 0.15) is 30.0 Å². The largest absolute Gasteiger partial charge is 0.374 e. The normalized spacial score (nSPS) is 16.1. The zero-order valence-electron chi connectivity index (χ0n) is 8.04. The molecule has 0 unspecified atom stereocenters. The Hall–Kier alpha value is -0.120. The number of aromatic nitrogens is 1. The molecule has 0 saturated heterocycles. The van der Waals surface area contributed by atoms with Gasteiger partial charge in [0, 0.05) is 12.0 Å². The molecule has 1 aromatic heterocycles. The average molecular weight is 232 g/mol. The summed E-state index contributed by atoms with van der Waals surface area (Å²) in [5, 5.41) is 3.03. The maximum atomic E-state index is 5.65. The third kappa shape index (κ3) is 3.23. The van der Waals surface area contributed by atoms with Crippen LogP contribution in [0, 0.1) is 5.92 Å². The SMILES string of the molecule is ClCc1csc(COCCC2CC2)n1. The molecule has 1 saturated carbocycles. The molecule has 14 heavy (non-hydrogen) atoms. The molecule has 0 spiro atoms. The lowest BCUT2D eigenvalue weighted by Gasteiger charge is -1.99. The maximum absolute atomic E-state index is 5.65. The van der Waals surface area contributed by atoms with E-state index in [0.717, 1.165) is 23.2 Å². The molecule has 1 fully saturated rings. The Balaban J connectivity index is 1.63. The van der Waals surface area contributed by atoms with Crippen molar-refractivity contribution in [1.29, 1.82) is 0 Å². The first kappa shape index (κ1) is 10.4. The summed E-state index contributed by atoms with van der Waals surface area (Å²) in [4.78, 5) is 4.32. The second-order valence-electron chi connectivity index (χ2n) is 3.65. The Morgan fingerprint density at radius 3 is 3.07 bits per heavy atom. The summed E-state index contributed by atoms with van der Waals surface area (Å²) in [5.41, 5.74) is 0.956. The van der Waals surface area contributed by atoms with Crippen molar-refractivity contribution in [3.8, 4) is 0 Å². The molecular formula is C10H14ClNOS. The van der Waals surface area contributed by atoms with Crippen LogP contribution in [0.2, 0.25) is 0 Å². The van der Waals surface area contributed by atoms with Gasteiger partial charge in [-0.05, 0) is 12.3 Å². The first-order valence-electron chi connectivity index (χ1n) is 4.95. The first-order valence-corrected chi connectivity index (χ1v) is 6.37. The third-order valence-corrected chi connectivity index (χ3v) is 3.47. The van der Waals surface area contributed by atoms with Crippen molar-refractivity contribution in [2.75, 3.05) is 6.61 Å². The summed E-state index contributed by atoms with van der Waals surface area (Å²) >= 11 is 7.28. The van der Waals surface area contributed by atoms with E-state index in [1.807, 2.05) is 5.38 Å². The maximum Gasteiger partial charge on any atom is 0.119 e. The quantitative estimate of drug-likeness (QED) is 0.554. The second kappa shape index (κ2) is 5.10. The van der Waals surface area contributed by atoms with E-state index in [1.54, 1.807) is 11.3 Å². The minimum Gasteiger partial charge on any atom is -0.374 e. The van der Waals surface area contributed by atoms with Gasteiger partial charge in [-0.25, -0.2) is 4.98 Å². The fourth-order valence-electron chi connectivity index (χ4n) is 1.29. The predicted octanol–water partition coefficient (Wildman–Crippen LogP) is 3.20. The number of nitrogens with zero attached hydrogens (tertiary/aromatic N) is 1. The van der Waals surface area contributed by atoms with Gasteiger partial charge >= 0.3 is 0 Å². The molecule has 0 amide bonds. The van der Waals surface area contributed by atoms with Gasteiger partial charge in [0.25, 0.3) is 0 Å². The van der Waals surface area contributed by atoms with Crippen LogP contribution in [0.25, 0.3) is 0 Å².